The van der Waals surface area contributed by atoms with Crippen LogP contribution in [0.2, 0.25) is 0 Å². The van der Waals surface area contributed by atoms with E-state index in [-0.39, 0.29) is 0 Å². The molecule has 16 heavy (non-hydrogen) atoms. The van der Waals surface area contributed by atoms with Gasteiger partial charge in [0.1, 0.15) is 12.4 Å². The first-order valence-corrected chi connectivity index (χ1v) is 5.48. The summed E-state index contributed by atoms with van der Waals surface area (Å²) in [6, 6.07) is 10.1. The standard InChI is InChI=1S/C13H16N2O/c1-3-11-5-4-6-13(9-11)16-10-12-7-8-15(2)14-12/h4-9H,3,10H2,1-2H3. The lowest BCUT2D eigenvalue weighted by molar-refractivity contribution is 0.300. The molecule has 0 saturated carbocycles. The third-order valence-corrected chi connectivity index (χ3v) is 2.46. The molecule has 0 aliphatic carbocycles. The topological polar surface area (TPSA) is 27.1 Å². The van der Waals surface area contributed by atoms with Crippen LogP contribution in [0.5, 0.6) is 5.75 Å². The van der Waals surface area contributed by atoms with Crippen LogP contribution >= 0.6 is 0 Å². The summed E-state index contributed by atoms with van der Waals surface area (Å²) in [4.78, 5) is 0. The number of nitrogens with zero attached hydrogens (tertiary/aromatic N) is 2. The maximum absolute atomic E-state index is 5.67. The van der Waals surface area contributed by atoms with Crippen molar-refractivity contribution in [2.45, 2.75) is 20.0 Å². The number of aryl methyl sites for hydroxylation is 2. The van der Waals surface area contributed by atoms with Crippen LogP contribution in [-0.4, -0.2) is 9.78 Å². The maximum atomic E-state index is 5.67. The summed E-state index contributed by atoms with van der Waals surface area (Å²) >= 11 is 0. The van der Waals surface area contributed by atoms with Gasteiger partial charge in [-0.3, -0.25) is 4.68 Å². The van der Waals surface area contributed by atoms with E-state index in [4.69, 9.17) is 4.74 Å². The molecule has 0 fully saturated rings. The van der Waals surface area contributed by atoms with Gasteiger partial charge in [0.15, 0.2) is 0 Å². The first kappa shape index (κ1) is 10.7. The second-order valence-corrected chi connectivity index (χ2v) is 3.77. The molecule has 0 amide bonds. The predicted octanol–water partition coefficient (Wildman–Crippen LogP) is 2.56. The minimum Gasteiger partial charge on any atom is -0.487 e. The lowest BCUT2D eigenvalue weighted by Gasteiger charge is -2.05. The van der Waals surface area contributed by atoms with Crippen LogP contribution in [0.4, 0.5) is 0 Å². The van der Waals surface area contributed by atoms with E-state index >= 15 is 0 Å². The van der Waals surface area contributed by atoms with E-state index in [1.807, 2.05) is 31.4 Å². The molecule has 0 spiro atoms. The zero-order chi connectivity index (χ0) is 11.4. The van der Waals surface area contributed by atoms with Gasteiger partial charge < -0.3 is 4.74 Å². The zero-order valence-corrected chi connectivity index (χ0v) is 9.68. The summed E-state index contributed by atoms with van der Waals surface area (Å²) in [5, 5.41) is 4.26. The molecule has 3 nitrogen and oxygen atoms in total. The lowest BCUT2D eigenvalue weighted by Crippen LogP contribution is -1.98. The Balaban J connectivity index is 1.99. The fraction of sp³-hybridized carbons (Fsp3) is 0.308. The van der Waals surface area contributed by atoms with Crippen molar-refractivity contribution in [3.05, 3.63) is 47.8 Å². The van der Waals surface area contributed by atoms with Crippen molar-refractivity contribution in [3.8, 4) is 5.75 Å². The van der Waals surface area contributed by atoms with Crippen molar-refractivity contribution in [1.29, 1.82) is 0 Å². The SMILES string of the molecule is CCc1cccc(OCc2ccn(C)n2)c1. The summed E-state index contributed by atoms with van der Waals surface area (Å²) in [5.74, 6) is 0.907. The highest BCUT2D eigenvalue weighted by Gasteiger charge is 1.99. The van der Waals surface area contributed by atoms with Crippen molar-refractivity contribution in [2.24, 2.45) is 7.05 Å². The van der Waals surface area contributed by atoms with Gasteiger partial charge in [-0.05, 0) is 30.2 Å². The quantitative estimate of drug-likeness (QED) is 0.785. The molecule has 1 aromatic heterocycles. The normalized spacial score (nSPS) is 10.4. The number of ether oxygens (including phenoxy) is 1. The van der Waals surface area contributed by atoms with Crippen LogP contribution in [0.1, 0.15) is 18.2 Å². The molecule has 1 aromatic carbocycles. The molecule has 0 N–H and O–H groups in total. The third kappa shape index (κ3) is 2.63. The number of rotatable bonds is 4. The van der Waals surface area contributed by atoms with Gasteiger partial charge in [0.2, 0.25) is 0 Å². The van der Waals surface area contributed by atoms with E-state index in [9.17, 15) is 0 Å². The molecule has 3 heteroatoms. The molecular weight excluding hydrogens is 200 g/mol. The van der Waals surface area contributed by atoms with E-state index in [1.165, 1.54) is 5.56 Å². The number of benzene rings is 1. The van der Waals surface area contributed by atoms with Crippen molar-refractivity contribution in [2.75, 3.05) is 0 Å². The summed E-state index contributed by atoms with van der Waals surface area (Å²) in [6.07, 6.45) is 2.95. The van der Waals surface area contributed by atoms with Gasteiger partial charge in [0.05, 0.1) is 5.69 Å². The minimum atomic E-state index is 0.522. The fourth-order valence-corrected chi connectivity index (χ4v) is 1.55. The van der Waals surface area contributed by atoms with Crippen molar-refractivity contribution < 1.29 is 4.74 Å². The molecule has 0 radical (unpaired) electrons. The average Bonchev–Trinajstić information content (AvgIpc) is 2.73. The molecule has 2 rings (SSSR count). The molecule has 84 valence electrons. The monoisotopic (exact) mass is 216 g/mol. The molecule has 0 atom stereocenters. The highest BCUT2D eigenvalue weighted by Crippen LogP contribution is 2.14. The molecular formula is C13H16N2O. The van der Waals surface area contributed by atoms with E-state index in [0.717, 1.165) is 17.9 Å². The first-order valence-electron chi connectivity index (χ1n) is 5.48. The van der Waals surface area contributed by atoms with Crippen LogP contribution in [0.3, 0.4) is 0 Å². The van der Waals surface area contributed by atoms with Crippen molar-refractivity contribution in [3.63, 3.8) is 0 Å². The largest absolute Gasteiger partial charge is 0.487 e. The minimum absolute atomic E-state index is 0.522. The highest BCUT2D eigenvalue weighted by atomic mass is 16.5. The average molecular weight is 216 g/mol. The van der Waals surface area contributed by atoms with Crippen LogP contribution in [0.25, 0.3) is 0 Å². The first-order chi connectivity index (χ1) is 7.78. The number of hydrogen-bond acceptors (Lipinski definition) is 2. The molecule has 0 bridgehead atoms. The van der Waals surface area contributed by atoms with Gasteiger partial charge in [-0.2, -0.15) is 5.10 Å². The molecule has 0 saturated heterocycles. The second-order valence-electron chi connectivity index (χ2n) is 3.77. The Hall–Kier alpha value is -1.77. The van der Waals surface area contributed by atoms with E-state index in [1.54, 1.807) is 4.68 Å². The Kier molecular flexibility index (Phi) is 3.25. The Morgan fingerprint density at radius 3 is 2.88 bits per heavy atom. The highest BCUT2D eigenvalue weighted by molar-refractivity contribution is 5.28. The van der Waals surface area contributed by atoms with Crippen LogP contribution < -0.4 is 4.74 Å². The Morgan fingerprint density at radius 1 is 1.31 bits per heavy atom. The van der Waals surface area contributed by atoms with Gasteiger partial charge >= 0.3 is 0 Å². The Bertz CT molecular complexity index is 462. The molecule has 1 heterocycles. The molecule has 2 aromatic rings. The zero-order valence-electron chi connectivity index (χ0n) is 9.68. The van der Waals surface area contributed by atoms with Crippen LogP contribution in [0, 0.1) is 0 Å². The van der Waals surface area contributed by atoms with Gasteiger partial charge in [-0.1, -0.05) is 19.1 Å². The van der Waals surface area contributed by atoms with Crippen LogP contribution in [0.15, 0.2) is 36.5 Å². The number of hydrogen-bond donors (Lipinski definition) is 0. The van der Waals surface area contributed by atoms with Gasteiger partial charge in [0.25, 0.3) is 0 Å². The smallest absolute Gasteiger partial charge is 0.132 e. The van der Waals surface area contributed by atoms with Gasteiger partial charge in [-0.25, -0.2) is 0 Å². The second kappa shape index (κ2) is 4.84. The third-order valence-electron chi connectivity index (χ3n) is 2.46. The lowest BCUT2D eigenvalue weighted by atomic mass is 10.2. The summed E-state index contributed by atoms with van der Waals surface area (Å²) < 4.78 is 7.45. The molecule has 0 aliphatic rings. The van der Waals surface area contributed by atoms with E-state index in [2.05, 4.69) is 24.2 Å². The van der Waals surface area contributed by atoms with Crippen molar-refractivity contribution in [1.82, 2.24) is 9.78 Å². The Morgan fingerprint density at radius 2 is 2.19 bits per heavy atom. The van der Waals surface area contributed by atoms with Crippen LogP contribution in [-0.2, 0) is 20.1 Å². The predicted molar refractivity (Wildman–Crippen MR) is 63.4 cm³/mol. The Labute approximate surface area is 95.7 Å². The summed E-state index contributed by atoms with van der Waals surface area (Å²) in [6.45, 7) is 2.66. The molecule has 0 aliphatic heterocycles. The van der Waals surface area contributed by atoms with E-state index < -0.39 is 0 Å². The summed E-state index contributed by atoms with van der Waals surface area (Å²) in [7, 11) is 1.90. The summed E-state index contributed by atoms with van der Waals surface area (Å²) in [5.41, 5.74) is 2.24. The number of aromatic nitrogens is 2. The molecule has 0 unspecified atom stereocenters. The van der Waals surface area contributed by atoms with Gasteiger partial charge in [-0.15, -0.1) is 0 Å². The fourth-order valence-electron chi connectivity index (χ4n) is 1.55. The maximum Gasteiger partial charge on any atom is 0.132 e. The van der Waals surface area contributed by atoms with E-state index in [0.29, 0.717) is 6.61 Å². The van der Waals surface area contributed by atoms with Crippen molar-refractivity contribution >= 4 is 0 Å². The van der Waals surface area contributed by atoms with Gasteiger partial charge in [0, 0.05) is 13.2 Å².